The number of aliphatic hydroxyl groups is 1. The van der Waals surface area contributed by atoms with Crippen LogP contribution in [0.15, 0.2) is 36.5 Å². The summed E-state index contributed by atoms with van der Waals surface area (Å²) in [5.41, 5.74) is 1.71. The van der Waals surface area contributed by atoms with Crippen LogP contribution in [0.3, 0.4) is 0 Å². The van der Waals surface area contributed by atoms with Crippen molar-refractivity contribution in [3.8, 4) is 0 Å². The van der Waals surface area contributed by atoms with Crippen molar-refractivity contribution < 1.29 is 5.11 Å². The Hall–Kier alpha value is -1.41. The fourth-order valence-electron chi connectivity index (χ4n) is 3.13. The van der Waals surface area contributed by atoms with Crippen LogP contribution < -0.4 is 0 Å². The van der Waals surface area contributed by atoms with Gasteiger partial charge in [-0.05, 0) is 36.5 Å². The van der Waals surface area contributed by atoms with Gasteiger partial charge in [-0.3, -0.25) is 4.98 Å². The van der Waals surface area contributed by atoms with E-state index in [-0.39, 0.29) is 0 Å². The standard InChI is InChI=1S/C16H19NO/c1-12-5-4-9-16(12,18)11-13-8-10-17-15-7-3-2-6-14(13)15/h2-3,6-8,10,12,18H,4-5,9,11H2,1H3. The molecule has 0 amide bonds. The number of hydrogen-bond donors (Lipinski definition) is 1. The molecule has 1 fully saturated rings. The van der Waals surface area contributed by atoms with Crippen LogP contribution in [0.5, 0.6) is 0 Å². The fraction of sp³-hybridized carbons (Fsp3) is 0.438. The molecule has 94 valence electrons. The van der Waals surface area contributed by atoms with Crippen molar-refractivity contribution in [2.24, 2.45) is 5.92 Å². The van der Waals surface area contributed by atoms with Crippen molar-refractivity contribution in [1.29, 1.82) is 0 Å². The van der Waals surface area contributed by atoms with E-state index in [9.17, 15) is 5.11 Å². The van der Waals surface area contributed by atoms with Gasteiger partial charge in [0, 0.05) is 18.0 Å². The number of rotatable bonds is 2. The van der Waals surface area contributed by atoms with Gasteiger partial charge in [0.25, 0.3) is 0 Å². The van der Waals surface area contributed by atoms with E-state index < -0.39 is 5.60 Å². The largest absolute Gasteiger partial charge is 0.389 e. The minimum atomic E-state index is -0.524. The van der Waals surface area contributed by atoms with Gasteiger partial charge in [-0.2, -0.15) is 0 Å². The fourth-order valence-corrected chi connectivity index (χ4v) is 3.13. The second-order valence-corrected chi connectivity index (χ2v) is 5.56. The first-order valence-corrected chi connectivity index (χ1v) is 6.74. The highest BCUT2D eigenvalue weighted by Gasteiger charge is 2.38. The molecule has 2 aromatic rings. The van der Waals surface area contributed by atoms with Gasteiger partial charge < -0.3 is 5.11 Å². The van der Waals surface area contributed by atoms with E-state index in [2.05, 4.69) is 18.0 Å². The number of para-hydroxylation sites is 1. The average molecular weight is 241 g/mol. The molecule has 0 radical (unpaired) electrons. The predicted octanol–water partition coefficient (Wildman–Crippen LogP) is 3.33. The monoisotopic (exact) mass is 241 g/mol. The van der Waals surface area contributed by atoms with Gasteiger partial charge in [0.15, 0.2) is 0 Å². The maximum Gasteiger partial charge on any atom is 0.0713 e. The van der Waals surface area contributed by atoms with E-state index in [4.69, 9.17) is 0 Å². The van der Waals surface area contributed by atoms with Gasteiger partial charge in [-0.25, -0.2) is 0 Å². The summed E-state index contributed by atoms with van der Waals surface area (Å²) in [4.78, 5) is 4.38. The highest BCUT2D eigenvalue weighted by molar-refractivity contribution is 5.81. The Bertz CT molecular complexity index is 561. The lowest BCUT2D eigenvalue weighted by molar-refractivity contribution is 0.00988. The van der Waals surface area contributed by atoms with E-state index in [1.165, 1.54) is 10.9 Å². The van der Waals surface area contributed by atoms with Crippen LogP contribution in [-0.4, -0.2) is 15.7 Å². The van der Waals surface area contributed by atoms with Crippen LogP contribution in [0, 0.1) is 5.92 Å². The quantitative estimate of drug-likeness (QED) is 0.874. The van der Waals surface area contributed by atoms with Crippen LogP contribution in [0.4, 0.5) is 0 Å². The maximum absolute atomic E-state index is 10.8. The van der Waals surface area contributed by atoms with Gasteiger partial charge in [-0.15, -0.1) is 0 Å². The molecule has 2 unspecified atom stereocenters. The predicted molar refractivity (Wildman–Crippen MR) is 73.4 cm³/mol. The summed E-state index contributed by atoms with van der Waals surface area (Å²) in [5, 5.41) is 11.9. The second kappa shape index (κ2) is 4.36. The molecular formula is C16H19NO. The van der Waals surface area contributed by atoms with Gasteiger partial charge >= 0.3 is 0 Å². The third kappa shape index (κ3) is 1.91. The average Bonchev–Trinajstić information content (AvgIpc) is 2.70. The van der Waals surface area contributed by atoms with Crippen molar-refractivity contribution >= 4 is 10.9 Å². The molecule has 0 bridgehead atoms. The summed E-state index contributed by atoms with van der Waals surface area (Å²) in [6.45, 7) is 2.16. The molecule has 0 aliphatic heterocycles. The van der Waals surface area contributed by atoms with Gasteiger partial charge in [0.1, 0.15) is 0 Å². The number of pyridine rings is 1. The number of benzene rings is 1. The Kier molecular flexibility index (Phi) is 2.83. The third-order valence-corrected chi connectivity index (χ3v) is 4.40. The molecule has 1 aliphatic carbocycles. The molecule has 0 spiro atoms. The molecule has 2 atom stereocenters. The second-order valence-electron chi connectivity index (χ2n) is 5.56. The molecule has 0 saturated heterocycles. The lowest BCUT2D eigenvalue weighted by atomic mass is 9.85. The van der Waals surface area contributed by atoms with Crippen molar-refractivity contribution in [2.75, 3.05) is 0 Å². The molecule has 1 aromatic heterocycles. The van der Waals surface area contributed by atoms with Crippen molar-refractivity contribution in [1.82, 2.24) is 4.98 Å². The smallest absolute Gasteiger partial charge is 0.0713 e. The number of fused-ring (bicyclic) bond motifs is 1. The van der Waals surface area contributed by atoms with Crippen molar-refractivity contribution in [2.45, 2.75) is 38.2 Å². The van der Waals surface area contributed by atoms with E-state index in [1.54, 1.807) is 0 Å². The summed E-state index contributed by atoms with van der Waals surface area (Å²) in [5.74, 6) is 0.393. The summed E-state index contributed by atoms with van der Waals surface area (Å²) in [6, 6.07) is 10.2. The number of nitrogens with zero attached hydrogens (tertiary/aromatic N) is 1. The summed E-state index contributed by atoms with van der Waals surface area (Å²) < 4.78 is 0. The molecule has 2 nitrogen and oxygen atoms in total. The molecule has 1 saturated carbocycles. The Labute approximate surface area is 108 Å². The molecular weight excluding hydrogens is 222 g/mol. The van der Waals surface area contributed by atoms with Crippen molar-refractivity contribution in [3.05, 3.63) is 42.1 Å². The maximum atomic E-state index is 10.8. The van der Waals surface area contributed by atoms with Crippen LogP contribution in [-0.2, 0) is 6.42 Å². The first kappa shape index (κ1) is 11.7. The van der Waals surface area contributed by atoms with Crippen LogP contribution in [0.25, 0.3) is 10.9 Å². The number of aromatic nitrogens is 1. The van der Waals surface area contributed by atoms with E-state index in [1.807, 2.05) is 30.5 Å². The van der Waals surface area contributed by atoms with Gasteiger partial charge in [0.2, 0.25) is 0 Å². The highest BCUT2D eigenvalue weighted by atomic mass is 16.3. The van der Waals surface area contributed by atoms with Gasteiger partial charge in [-0.1, -0.05) is 31.5 Å². The molecule has 1 aromatic carbocycles. The minimum Gasteiger partial charge on any atom is -0.389 e. The molecule has 2 heteroatoms. The Morgan fingerprint density at radius 1 is 1.33 bits per heavy atom. The molecule has 3 rings (SSSR count). The molecule has 1 aliphatic rings. The lowest BCUT2D eigenvalue weighted by Gasteiger charge is -2.28. The zero-order valence-electron chi connectivity index (χ0n) is 10.8. The van der Waals surface area contributed by atoms with E-state index >= 15 is 0 Å². The Morgan fingerprint density at radius 2 is 2.17 bits per heavy atom. The topological polar surface area (TPSA) is 33.1 Å². The lowest BCUT2D eigenvalue weighted by Crippen LogP contribution is -2.34. The highest BCUT2D eigenvalue weighted by Crippen LogP contribution is 2.38. The van der Waals surface area contributed by atoms with Crippen LogP contribution >= 0.6 is 0 Å². The minimum absolute atomic E-state index is 0.393. The van der Waals surface area contributed by atoms with Crippen LogP contribution in [0.1, 0.15) is 31.7 Å². The molecule has 1 N–H and O–H groups in total. The third-order valence-electron chi connectivity index (χ3n) is 4.40. The van der Waals surface area contributed by atoms with E-state index in [0.29, 0.717) is 5.92 Å². The SMILES string of the molecule is CC1CCCC1(O)Cc1ccnc2ccccc12. The Balaban J connectivity index is 2.00. The van der Waals surface area contributed by atoms with Crippen molar-refractivity contribution in [3.63, 3.8) is 0 Å². The number of hydrogen-bond acceptors (Lipinski definition) is 2. The molecule has 1 heterocycles. The summed E-state index contributed by atoms with van der Waals surface area (Å²) >= 11 is 0. The normalized spacial score (nSPS) is 27.8. The zero-order chi connectivity index (χ0) is 12.6. The summed E-state index contributed by atoms with van der Waals surface area (Å²) in [6.07, 6.45) is 5.79. The Morgan fingerprint density at radius 3 is 2.94 bits per heavy atom. The zero-order valence-corrected chi connectivity index (χ0v) is 10.8. The van der Waals surface area contributed by atoms with Gasteiger partial charge in [0.05, 0.1) is 11.1 Å². The van der Waals surface area contributed by atoms with Crippen LogP contribution in [0.2, 0.25) is 0 Å². The summed E-state index contributed by atoms with van der Waals surface area (Å²) in [7, 11) is 0. The van der Waals surface area contributed by atoms with E-state index in [0.717, 1.165) is 31.2 Å². The first-order chi connectivity index (χ1) is 8.69. The molecule has 18 heavy (non-hydrogen) atoms. The first-order valence-electron chi connectivity index (χ1n) is 6.74.